The Labute approximate surface area is 121 Å². The molecule has 2 heterocycles. The molecule has 0 saturated carbocycles. The molecule has 5 heteroatoms. The van der Waals surface area contributed by atoms with Gasteiger partial charge in [0.25, 0.3) is 0 Å². The Balaban J connectivity index is 2.15. The van der Waals surface area contributed by atoms with Crippen molar-refractivity contribution in [1.29, 1.82) is 0 Å². The molecule has 4 nitrogen and oxygen atoms in total. The Kier molecular flexibility index (Phi) is 3.69. The van der Waals surface area contributed by atoms with Crippen molar-refractivity contribution >= 4 is 11.3 Å². The van der Waals surface area contributed by atoms with Gasteiger partial charge in [0.2, 0.25) is 0 Å². The van der Waals surface area contributed by atoms with Gasteiger partial charge in [-0.2, -0.15) is 4.98 Å². The fraction of sp³-hybridized carbons (Fsp3) is 0.133. The van der Waals surface area contributed by atoms with Gasteiger partial charge in [-0.1, -0.05) is 41.5 Å². The van der Waals surface area contributed by atoms with Gasteiger partial charge in [0.05, 0.1) is 11.5 Å². The fourth-order valence-electron chi connectivity index (χ4n) is 1.88. The van der Waals surface area contributed by atoms with Gasteiger partial charge in [-0.3, -0.25) is 0 Å². The van der Waals surface area contributed by atoms with E-state index >= 15 is 0 Å². The number of aromatic nitrogens is 3. The molecular weight excluding hydrogens is 270 g/mol. The van der Waals surface area contributed by atoms with E-state index in [1.54, 1.807) is 11.3 Å². The van der Waals surface area contributed by atoms with Crippen LogP contribution < -0.4 is 4.74 Å². The predicted octanol–water partition coefficient (Wildman–Crippen LogP) is 3.67. The molecule has 0 bridgehead atoms. The number of hydrogen-bond acceptors (Lipinski definition) is 5. The minimum atomic E-state index is 0.312. The van der Waals surface area contributed by atoms with E-state index in [1.807, 2.05) is 54.8 Å². The van der Waals surface area contributed by atoms with Crippen molar-refractivity contribution in [3.05, 3.63) is 47.8 Å². The second kappa shape index (κ2) is 5.79. The Morgan fingerprint density at radius 1 is 1.00 bits per heavy atom. The lowest BCUT2D eigenvalue weighted by atomic mass is 10.1. The molecule has 0 N–H and O–H groups in total. The van der Waals surface area contributed by atoms with Gasteiger partial charge in [0.1, 0.15) is 11.4 Å². The first-order valence-corrected chi connectivity index (χ1v) is 7.23. The van der Waals surface area contributed by atoms with Crippen molar-refractivity contribution in [3.63, 3.8) is 0 Å². The second-order valence-corrected chi connectivity index (χ2v) is 5.02. The summed E-state index contributed by atoms with van der Waals surface area (Å²) in [7, 11) is 0. The normalized spacial score (nSPS) is 10.4. The summed E-state index contributed by atoms with van der Waals surface area (Å²) >= 11 is 1.62. The minimum absolute atomic E-state index is 0.312. The SMILES string of the molecule is CCOc1nnc(-c2cccs2)c(-c2ccccc2)n1. The lowest BCUT2D eigenvalue weighted by Gasteiger charge is -2.07. The summed E-state index contributed by atoms with van der Waals surface area (Å²) in [6.45, 7) is 2.42. The molecule has 3 rings (SSSR count). The molecule has 100 valence electrons. The van der Waals surface area contributed by atoms with Crippen LogP contribution in [0.4, 0.5) is 0 Å². The molecule has 0 atom stereocenters. The van der Waals surface area contributed by atoms with Gasteiger partial charge >= 0.3 is 6.01 Å². The van der Waals surface area contributed by atoms with Gasteiger partial charge < -0.3 is 4.74 Å². The summed E-state index contributed by atoms with van der Waals surface area (Å²) in [4.78, 5) is 5.55. The highest BCUT2D eigenvalue weighted by atomic mass is 32.1. The third-order valence-corrected chi connectivity index (χ3v) is 3.62. The topological polar surface area (TPSA) is 47.9 Å². The predicted molar refractivity (Wildman–Crippen MR) is 79.7 cm³/mol. The molecule has 20 heavy (non-hydrogen) atoms. The van der Waals surface area contributed by atoms with E-state index in [-0.39, 0.29) is 0 Å². The van der Waals surface area contributed by atoms with E-state index in [0.29, 0.717) is 12.6 Å². The Hall–Kier alpha value is -2.27. The molecule has 0 radical (unpaired) electrons. The molecule has 0 amide bonds. The minimum Gasteiger partial charge on any atom is -0.463 e. The van der Waals surface area contributed by atoms with Crippen LogP contribution in [0.25, 0.3) is 21.8 Å². The first-order chi connectivity index (χ1) is 9.88. The highest BCUT2D eigenvalue weighted by Crippen LogP contribution is 2.31. The van der Waals surface area contributed by atoms with Crippen LogP contribution in [0.3, 0.4) is 0 Å². The smallest absolute Gasteiger partial charge is 0.336 e. The van der Waals surface area contributed by atoms with Crippen LogP contribution in [0.1, 0.15) is 6.92 Å². The molecule has 0 spiro atoms. The van der Waals surface area contributed by atoms with E-state index in [2.05, 4.69) is 15.2 Å². The summed E-state index contributed by atoms with van der Waals surface area (Å²) < 4.78 is 5.36. The standard InChI is InChI=1S/C15H13N3OS/c1-2-19-15-16-13(11-7-4-3-5-8-11)14(17-18-15)12-9-6-10-20-12/h3-10H,2H2,1H3. The van der Waals surface area contributed by atoms with Crippen LogP contribution in [0.15, 0.2) is 47.8 Å². The maximum atomic E-state index is 5.36. The number of nitrogens with zero attached hydrogens (tertiary/aromatic N) is 3. The van der Waals surface area contributed by atoms with Gasteiger partial charge in [-0.15, -0.1) is 16.4 Å². The summed E-state index contributed by atoms with van der Waals surface area (Å²) in [6, 6.07) is 14.3. The summed E-state index contributed by atoms with van der Waals surface area (Å²) in [6.07, 6.45) is 0. The molecule has 0 aliphatic carbocycles. The van der Waals surface area contributed by atoms with Gasteiger partial charge in [0, 0.05) is 5.56 Å². The van der Waals surface area contributed by atoms with E-state index in [0.717, 1.165) is 21.8 Å². The summed E-state index contributed by atoms with van der Waals surface area (Å²) in [5.41, 5.74) is 2.59. The molecule has 0 saturated heterocycles. The molecule has 0 aliphatic heterocycles. The molecule has 1 aromatic carbocycles. The van der Waals surface area contributed by atoms with Gasteiger partial charge in [-0.05, 0) is 18.4 Å². The first-order valence-electron chi connectivity index (χ1n) is 6.35. The Bertz CT molecular complexity index is 684. The van der Waals surface area contributed by atoms with Crippen molar-refractivity contribution < 1.29 is 4.74 Å². The van der Waals surface area contributed by atoms with E-state index < -0.39 is 0 Å². The molecule has 2 aromatic heterocycles. The number of hydrogen-bond donors (Lipinski definition) is 0. The maximum absolute atomic E-state index is 5.36. The van der Waals surface area contributed by atoms with Crippen molar-refractivity contribution in [2.24, 2.45) is 0 Å². The first kappa shape index (κ1) is 12.7. The van der Waals surface area contributed by atoms with Crippen molar-refractivity contribution in [3.8, 4) is 27.8 Å². The van der Waals surface area contributed by atoms with Crippen molar-refractivity contribution in [2.45, 2.75) is 6.92 Å². The largest absolute Gasteiger partial charge is 0.463 e. The third kappa shape index (κ3) is 2.53. The molecule has 0 fully saturated rings. The molecular formula is C15H13N3OS. The van der Waals surface area contributed by atoms with Crippen LogP contribution >= 0.6 is 11.3 Å². The van der Waals surface area contributed by atoms with Crippen molar-refractivity contribution in [2.75, 3.05) is 6.61 Å². The number of benzene rings is 1. The summed E-state index contributed by atoms with van der Waals surface area (Å²) in [5.74, 6) is 0. The number of ether oxygens (including phenoxy) is 1. The second-order valence-electron chi connectivity index (χ2n) is 4.07. The average Bonchev–Trinajstić information content (AvgIpc) is 3.03. The van der Waals surface area contributed by atoms with E-state index in [4.69, 9.17) is 4.74 Å². The molecule has 0 unspecified atom stereocenters. The third-order valence-electron chi connectivity index (χ3n) is 2.74. The van der Waals surface area contributed by atoms with Crippen LogP contribution in [-0.2, 0) is 0 Å². The highest BCUT2D eigenvalue weighted by Gasteiger charge is 2.14. The molecule has 0 aliphatic rings. The van der Waals surface area contributed by atoms with E-state index in [1.165, 1.54) is 0 Å². The highest BCUT2D eigenvalue weighted by molar-refractivity contribution is 7.13. The van der Waals surface area contributed by atoms with Gasteiger partial charge in [-0.25, -0.2) is 0 Å². The quantitative estimate of drug-likeness (QED) is 0.733. The zero-order valence-corrected chi connectivity index (χ0v) is 11.8. The summed E-state index contributed by atoms with van der Waals surface area (Å²) in [5, 5.41) is 10.3. The Morgan fingerprint density at radius 2 is 1.85 bits per heavy atom. The maximum Gasteiger partial charge on any atom is 0.336 e. The number of thiophene rings is 1. The van der Waals surface area contributed by atoms with Gasteiger partial charge in [0.15, 0.2) is 0 Å². The lowest BCUT2D eigenvalue weighted by Crippen LogP contribution is -2.02. The Morgan fingerprint density at radius 3 is 2.55 bits per heavy atom. The van der Waals surface area contributed by atoms with Crippen LogP contribution in [0, 0.1) is 0 Å². The monoisotopic (exact) mass is 283 g/mol. The number of rotatable bonds is 4. The van der Waals surface area contributed by atoms with Crippen LogP contribution in [0.2, 0.25) is 0 Å². The van der Waals surface area contributed by atoms with Crippen LogP contribution in [-0.4, -0.2) is 21.8 Å². The van der Waals surface area contributed by atoms with Crippen LogP contribution in [0.5, 0.6) is 6.01 Å². The fourth-order valence-corrected chi connectivity index (χ4v) is 2.59. The van der Waals surface area contributed by atoms with E-state index in [9.17, 15) is 0 Å². The zero-order valence-electron chi connectivity index (χ0n) is 11.0. The van der Waals surface area contributed by atoms with Crippen molar-refractivity contribution in [1.82, 2.24) is 15.2 Å². The average molecular weight is 283 g/mol. The zero-order chi connectivity index (χ0) is 13.8. The lowest BCUT2D eigenvalue weighted by molar-refractivity contribution is 0.308. The molecule has 3 aromatic rings.